The minimum absolute atomic E-state index is 0.0271. The number of fused-ring (bicyclic) bond motifs is 5. The summed E-state index contributed by atoms with van der Waals surface area (Å²) in [5.74, 6) is 0.540. The number of ether oxygens (including phenoxy) is 2. The van der Waals surface area contributed by atoms with E-state index in [0.717, 1.165) is 37.7 Å². The molecule has 5 heteroatoms. The van der Waals surface area contributed by atoms with Gasteiger partial charge in [-0.3, -0.25) is 0 Å². The molecule has 1 aromatic carbocycles. The molecule has 3 aliphatic heterocycles. The molecule has 0 saturated carbocycles. The number of hydrogen-bond donors (Lipinski definition) is 1. The van der Waals surface area contributed by atoms with Crippen molar-refractivity contribution < 1.29 is 19.4 Å². The van der Waals surface area contributed by atoms with E-state index in [2.05, 4.69) is 49.7 Å². The summed E-state index contributed by atoms with van der Waals surface area (Å²) in [6, 6.07) is 5.13. The number of esters is 1. The minimum Gasteiger partial charge on any atom is -0.508 e. The number of phenolic OH excluding ortho intramolecular Hbond substituents is 1. The lowest BCUT2D eigenvalue weighted by Crippen LogP contribution is -2.55. The molecule has 1 aliphatic carbocycles. The van der Waals surface area contributed by atoms with Gasteiger partial charge >= 0.3 is 5.97 Å². The Bertz CT molecular complexity index is 953. The molecule has 5 rings (SSSR count). The van der Waals surface area contributed by atoms with Crippen molar-refractivity contribution in [2.75, 3.05) is 0 Å². The van der Waals surface area contributed by atoms with E-state index in [1.165, 1.54) is 5.57 Å². The third kappa shape index (κ3) is 4.52. The van der Waals surface area contributed by atoms with E-state index < -0.39 is 5.60 Å². The Morgan fingerprint density at radius 2 is 1.85 bits per heavy atom. The predicted octanol–water partition coefficient (Wildman–Crippen LogP) is 6.97. The fourth-order valence-electron chi connectivity index (χ4n) is 6.32. The topological polar surface area (TPSA) is 55.8 Å². The zero-order chi connectivity index (χ0) is 24.2. The summed E-state index contributed by atoms with van der Waals surface area (Å²) in [6.07, 6.45) is 7.52. The highest BCUT2D eigenvalue weighted by molar-refractivity contribution is 9.09. The summed E-state index contributed by atoms with van der Waals surface area (Å²) in [4.78, 5) is 13.5. The van der Waals surface area contributed by atoms with Gasteiger partial charge in [0.25, 0.3) is 0 Å². The van der Waals surface area contributed by atoms with Crippen LogP contribution in [0.4, 0.5) is 0 Å². The van der Waals surface area contributed by atoms with Gasteiger partial charge in [-0.1, -0.05) is 41.4 Å². The second-order valence-corrected chi connectivity index (χ2v) is 12.8. The highest BCUT2D eigenvalue weighted by Crippen LogP contribution is 2.52. The van der Waals surface area contributed by atoms with Crippen molar-refractivity contribution >= 4 is 21.9 Å². The van der Waals surface area contributed by atoms with Crippen LogP contribution in [-0.2, 0) is 15.9 Å². The fraction of sp³-hybridized carbons (Fsp3) is 0.679. The number of allylic oxidation sites excluding steroid dienone is 2. The van der Waals surface area contributed by atoms with Crippen molar-refractivity contribution in [3.8, 4) is 5.75 Å². The number of phenols is 1. The summed E-state index contributed by atoms with van der Waals surface area (Å²) in [5.41, 5.74) is 1.87. The van der Waals surface area contributed by atoms with Crippen LogP contribution < -0.4 is 0 Å². The van der Waals surface area contributed by atoms with Gasteiger partial charge in [-0.15, -0.1) is 0 Å². The summed E-state index contributed by atoms with van der Waals surface area (Å²) >= 11 is 4.02. The number of rotatable bonds is 0. The van der Waals surface area contributed by atoms with E-state index in [0.29, 0.717) is 22.7 Å². The quantitative estimate of drug-likeness (QED) is 0.228. The van der Waals surface area contributed by atoms with Crippen molar-refractivity contribution in [3.05, 3.63) is 41.0 Å². The van der Waals surface area contributed by atoms with Crippen LogP contribution in [0, 0.1) is 17.3 Å². The largest absolute Gasteiger partial charge is 0.508 e. The second-order valence-electron chi connectivity index (χ2n) is 11.6. The van der Waals surface area contributed by atoms with Gasteiger partial charge in [0.2, 0.25) is 0 Å². The van der Waals surface area contributed by atoms with Gasteiger partial charge in [-0.05, 0) is 107 Å². The molecule has 0 radical (unpaired) electrons. The van der Waals surface area contributed by atoms with Crippen LogP contribution in [0.2, 0.25) is 0 Å². The Labute approximate surface area is 207 Å². The molecule has 0 amide bonds. The smallest absolute Gasteiger partial charge is 0.338 e. The van der Waals surface area contributed by atoms with Crippen LogP contribution in [0.25, 0.3) is 0 Å². The number of hydrogen-bond acceptors (Lipinski definition) is 4. The third-order valence-corrected chi connectivity index (χ3v) is 10.4. The van der Waals surface area contributed by atoms with Gasteiger partial charge in [0.05, 0.1) is 11.2 Å². The molecule has 4 bridgehead atoms. The number of alkyl halides is 1. The van der Waals surface area contributed by atoms with Crippen molar-refractivity contribution in [1.29, 1.82) is 0 Å². The molecule has 1 unspecified atom stereocenters. The zero-order valence-electron chi connectivity index (χ0n) is 20.9. The number of benzene rings is 1. The van der Waals surface area contributed by atoms with Gasteiger partial charge < -0.3 is 14.6 Å². The molecule has 1 fully saturated rings. The number of carbonyl (C=O) groups excluding carboxylic acids is 1. The van der Waals surface area contributed by atoms with Crippen LogP contribution in [0.5, 0.6) is 5.75 Å². The van der Waals surface area contributed by atoms with Crippen LogP contribution in [0.1, 0.15) is 89.6 Å². The molecular weight excluding hydrogens is 480 g/mol. The minimum atomic E-state index is -0.564. The van der Waals surface area contributed by atoms with Gasteiger partial charge in [0.15, 0.2) is 0 Å². The van der Waals surface area contributed by atoms with E-state index >= 15 is 0 Å². The van der Waals surface area contributed by atoms with Crippen LogP contribution in [-0.4, -0.2) is 33.2 Å². The molecule has 0 spiro atoms. The molecule has 33 heavy (non-hydrogen) atoms. The summed E-state index contributed by atoms with van der Waals surface area (Å²) in [5, 5.41) is 10.7. The maximum absolute atomic E-state index is 13.1. The molecule has 1 N–H and O–H groups in total. The standard InChI is InChI=1S/C28H39BrO4/c1-17-7-10-23(29)27(5)13-11-18(2)28(6)14-12-24(26(3,4)33-28)32-25(31)19-8-9-22(30)20(15-19)16-21(17)27/h7-9,15,18,21,23-24,30H,10-14,16H2,1-6H3/t18-,21?,23+,24+,27+,28-/m1/s1. The lowest BCUT2D eigenvalue weighted by molar-refractivity contribution is -0.232. The SMILES string of the molecule is CC1=CC[C@H](Br)[C@@]2(C)CC[C@@H](C)[C@@]3(C)CC[C@H](OC(=O)c4ccc(O)c(c4)CC12)C(C)(C)O3. The first-order valence-corrected chi connectivity index (χ1v) is 13.3. The van der Waals surface area contributed by atoms with Crippen molar-refractivity contribution in [2.45, 2.75) is 102 Å². The molecule has 6 atom stereocenters. The van der Waals surface area contributed by atoms with E-state index in [9.17, 15) is 9.90 Å². The van der Waals surface area contributed by atoms with Crippen LogP contribution in [0.3, 0.4) is 0 Å². The first kappa shape index (κ1) is 24.8. The molecule has 1 saturated heterocycles. The highest BCUT2D eigenvalue weighted by Gasteiger charge is 2.49. The van der Waals surface area contributed by atoms with Gasteiger partial charge in [0, 0.05) is 4.83 Å². The van der Waals surface area contributed by atoms with Gasteiger partial charge in [-0.2, -0.15) is 0 Å². The maximum Gasteiger partial charge on any atom is 0.338 e. The number of halogens is 1. The Morgan fingerprint density at radius 3 is 2.55 bits per heavy atom. The van der Waals surface area contributed by atoms with Crippen molar-refractivity contribution in [1.82, 2.24) is 0 Å². The van der Waals surface area contributed by atoms with E-state index in [-0.39, 0.29) is 34.8 Å². The summed E-state index contributed by atoms with van der Waals surface area (Å²) < 4.78 is 12.7. The molecule has 4 aliphatic rings. The third-order valence-electron chi connectivity index (χ3n) is 9.03. The highest BCUT2D eigenvalue weighted by atomic mass is 79.9. The normalized spacial score (nSPS) is 39.0. The Hall–Kier alpha value is -1.33. The van der Waals surface area contributed by atoms with E-state index in [1.54, 1.807) is 12.1 Å². The number of carbonyl (C=O) groups is 1. The van der Waals surface area contributed by atoms with E-state index in [1.807, 2.05) is 19.9 Å². The molecular formula is C28H39BrO4. The molecule has 1 aromatic rings. The summed E-state index contributed by atoms with van der Waals surface area (Å²) in [7, 11) is 0. The average Bonchev–Trinajstić information content (AvgIpc) is 2.74. The maximum atomic E-state index is 13.1. The molecule has 0 aromatic heterocycles. The zero-order valence-corrected chi connectivity index (χ0v) is 22.5. The monoisotopic (exact) mass is 518 g/mol. The lowest BCUT2D eigenvalue weighted by Gasteiger charge is -2.51. The van der Waals surface area contributed by atoms with Crippen LogP contribution in [0.15, 0.2) is 29.8 Å². The Balaban J connectivity index is 1.79. The first-order valence-electron chi connectivity index (χ1n) is 12.4. The Morgan fingerprint density at radius 1 is 1.12 bits per heavy atom. The second kappa shape index (κ2) is 8.71. The predicted molar refractivity (Wildman–Crippen MR) is 135 cm³/mol. The van der Waals surface area contributed by atoms with Gasteiger partial charge in [0.1, 0.15) is 17.5 Å². The summed E-state index contributed by atoms with van der Waals surface area (Å²) in [6.45, 7) is 13.2. The van der Waals surface area contributed by atoms with Crippen molar-refractivity contribution in [2.24, 2.45) is 17.3 Å². The first-order chi connectivity index (χ1) is 15.4. The molecule has 182 valence electrons. The average molecular weight is 520 g/mol. The van der Waals surface area contributed by atoms with Crippen LogP contribution >= 0.6 is 15.9 Å². The molecule has 4 nitrogen and oxygen atoms in total. The van der Waals surface area contributed by atoms with E-state index in [4.69, 9.17) is 9.47 Å². The molecule has 3 heterocycles. The van der Waals surface area contributed by atoms with Gasteiger partial charge in [-0.25, -0.2) is 4.79 Å². The lowest BCUT2D eigenvalue weighted by atomic mass is 9.62. The fourth-order valence-corrected chi connectivity index (χ4v) is 7.06. The van der Waals surface area contributed by atoms with Crippen molar-refractivity contribution in [3.63, 3.8) is 0 Å². The number of aromatic hydroxyl groups is 1. The Kier molecular flexibility index (Phi) is 6.54.